The van der Waals surface area contributed by atoms with Crippen LogP contribution in [0, 0.1) is 5.21 Å². The topological polar surface area (TPSA) is 124 Å². The highest BCUT2D eigenvalue weighted by Crippen LogP contribution is 2.50. The first-order valence-corrected chi connectivity index (χ1v) is 16.2. The number of pyridine rings is 1. The molecule has 0 bridgehead atoms. The lowest BCUT2D eigenvalue weighted by atomic mass is 9.76. The van der Waals surface area contributed by atoms with Crippen LogP contribution in [0.15, 0.2) is 60.8 Å². The third-order valence-electron chi connectivity index (χ3n) is 7.94. The van der Waals surface area contributed by atoms with E-state index in [4.69, 9.17) is 32.8 Å². The van der Waals surface area contributed by atoms with E-state index in [1.54, 1.807) is 65.8 Å². The number of carbonyl (C=O) groups excluding carboxylic acids is 2. The van der Waals surface area contributed by atoms with Crippen LogP contribution in [0.1, 0.15) is 64.8 Å². The number of hydrogen-bond donors (Lipinski definition) is 2. The lowest BCUT2D eigenvalue weighted by molar-refractivity contribution is -0.616. The summed E-state index contributed by atoms with van der Waals surface area (Å²) in [4.78, 5) is 35.9. The Morgan fingerprint density at radius 3 is 2.65 bits per heavy atom. The second kappa shape index (κ2) is 13.6. The third kappa shape index (κ3) is 6.51. The van der Waals surface area contributed by atoms with E-state index in [2.05, 4.69) is 10.2 Å². The molecule has 2 aromatic carbocycles. The Morgan fingerprint density at radius 1 is 1.14 bits per heavy atom. The zero-order chi connectivity index (χ0) is 30.7. The summed E-state index contributed by atoms with van der Waals surface area (Å²) in [5.74, 6) is -1.54. The van der Waals surface area contributed by atoms with E-state index in [1.807, 2.05) is 0 Å². The van der Waals surface area contributed by atoms with Gasteiger partial charge in [0.1, 0.15) is 5.75 Å². The number of amides is 2. The van der Waals surface area contributed by atoms with Gasteiger partial charge in [-0.2, -0.15) is 4.73 Å². The molecule has 43 heavy (non-hydrogen) atoms. The zero-order valence-electron chi connectivity index (χ0n) is 23.6. The molecule has 0 spiro atoms. The van der Waals surface area contributed by atoms with E-state index in [-0.39, 0.29) is 23.6 Å². The lowest BCUT2D eigenvalue weighted by Gasteiger charge is -2.49. The number of ether oxygens (including phenoxy) is 1. The number of carbonyl (C=O) groups is 2. The molecule has 2 heterocycles. The van der Waals surface area contributed by atoms with Crippen LogP contribution in [-0.4, -0.2) is 46.4 Å². The van der Waals surface area contributed by atoms with Crippen LogP contribution >= 0.6 is 23.2 Å². The van der Waals surface area contributed by atoms with Crippen molar-refractivity contribution in [3.05, 3.63) is 98.4 Å². The number of fused-ring (bicyclic) bond motifs is 1. The Morgan fingerprint density at radius 2 is 1.93 bits per heavy atom. The molecule has 2 unspecified atom stereocenters. The van der Waals surface area contributed by atoms with Gasteiger partial charge >= 0.3 is 0 Å². The smallest absolute Gasteiger partial charge is 0.255 e. The van der Waals surface area contributed by atoms with Gasteiger partial charge in [-0.25, -0.2) is 14.4 Å². The number of methoxy groups -OCH3 is 1. The molecule has 5 rings (SSSR count). The maximum absolute atomic E-state index is 14.5. The van der Waals surface area contributed by atoms with Gasteiger partial charge in [-0.1, -0.05) is 48.2 Å². The van der Waals surface area contributed by atoms with E-state index in [1.165, 1.54) is 13.3 Å². The Kier molecular flexibility index (Phi) is 9.88. The highest BCUT2D eigenvalue weighted by atomic mass is 35.5. The van der Waals surface area contributed by atoms with Crippen LogP contribution in [0.4, 0.5) is 0 Å². The lowest BCUT2D eigenvalue weighted by Crippen LogP contribution is -2.58. The minimum atomic E-state index is -1.33. The van der Waals surface area contributed by atoms with Gasteiger partial charge in [0, 0.05) is 51.6 Å². The number of hydroxylamine groups is 1. The average molecular weight is 648 g/mol. The van der Waals surface area contributed by atoms with Crippen LogP contribution in [0.2, 0.25) is 10.0 Å². The van der Waals surface area contributed by atoms with Crippen molar-refractivity contribution >= 4 is 46.0 Å². The van der Waals surface area contributed by atoms with Gasteiger partial charge in [0.25, 0.3) is 11.8 Å². The Labute approximate surface area is 262 Å². The summed E-state index contributed by atoms with van der Waals surface area (Å²) in [6, 6.07) is 13.3. The van der Waals surface area contributed by atoms with Crippen molar-refractivity contribution in [1.29, 1.82) is 0 Å². The Bertz CT molecular complexity index is 1540. The van der Waals surface area contributed by atoms with Gasteiger partial charge in [0.15, 0.2) is 12.8 Å². The quantitative estimate of drug-likeness (QED) is 0.202. The molecule has 2 N–H and O–H groups in total. The first kappa shape index (κ1) is 31.2. The van der Waals surface area contributed by atoms with Crippen molar-refractivity contribution in [2.45, 2.75) is 56.3 Å². The minimum Gasteiger partial charge on any atom is -0.618 e. The highest BCUT2D eigenvalue weighted by molar-refractivity contribution is 7.82. The largest absolute Gasteiger partial charge is 0.618 e. The van der Waals surface area contributed by atoms with Crippen molar-refractivity contribution < 1.29 is 28.1 Å². The van der Waals surface area contributed by atoms with E-state index in [9.17, 15) is 19.0 Å². The second-order valence-corrected chi connectivity index (χ2v) is 12.5. The first-order valence-electron chi connectivity index (χ1n) is 13.8. The van der Waals surface area contributed by atoms with Gasteiger partial charge in [-0.05, 0) is 48.7 Å². The molecule has 5 atom stereocenters. The fraction of sp³-hybridized carbons (Fsp3) is 0.367. The van der Waals surface area contributed by atoms with Crippen LogP contribution in [0.5, 0.6) is 5.75 Å². The van der Waals surface area contributed by atoms with E-state index in [0.717, 1.165) is 12.8 Å². The normalized spacial score (nSPS) is 22.5. The van der Waals surface area contributed by atoms with Gasteiger partial charge in [0.2, 0.25) is 5.69 Å². The molecule has 2 aliphatic rings. The number of benzene rings is 2. The summed E-state index contributed by atoms with van der Waals surface area (Å²) in [5, 5.41) is 12.8. The van der Waals surface area contributed by atoms with E-state index in [0.29, 0.717) is 50.7 Å². The number of nitrogens with zero attached hydrogens (tertiary/aromatic N) is 2. The van der Waals surface area contributed by atoms with Crippen LogP contribution in [0.3, 0.4) is 0 Å². The van der Waals surface area contributed by atoms with Gasteiger partial charge in [0.05, 0.1) is 30.1 Å². The predicted octanol–water partition coefficient (Wildman–Crippen LogP) is 4.36. The molecule has 1 aliphatic carbocycles. The number of aromatic nitrogens is 1. The molecule has 0 radical (unpaired) electrons. The van der Waals surface area contributed by atoms with Crippen molar-refractivity contribution in [2.75, 3.05) is 13.4 Å². The molecule has 0 saturated heterocycles. The number of halogens is 2. The molecule has 10 nitrogen and oxygen atoms in total. The maximum atomic E-state index is 14.5. The molecule has 1 aliphatic heterocycles. The predicted molar refractivity (Wildman–Crippen MR) is 163 cm³/mol. The molecular weight excluding hydrogens is 615 g/mol. The Hall–Kier alpha value is -3.22. The number of rotatable bonds is 9. The van der Waals surface area contributed by atoms with Gasteiger partial charge in [-0.15, -0.1) is 0 Å². The van der Waals surface area contributed by atoms with Crippen molar-refractivity contribution in [3.8, 4) is 5.75 Å². The van der Waals surface area contributed by atoms with Gasteiger partial charge < -0.3 is 14.8 Å². The number of hydrogen-bond acceptors (Lipinski definition) is 6. The van der Waals surface area contributed by atoms with Crippen molar-refractivity contribution in [1.82, 2.24) is 15.1 Å². The van der Waals surface area contributed by atoms with Crippen LogP contribution in [0.25, 0.3) is 0 Å². The van der Waals surface area contributed by atoms with Crippen LogP contribution in [-0.2, 0) is 27.2 Å². The van der Waals surface area contributed by atoms with E-state index >= 15 is 0 Å². The molecular formula is C30H32Cl2N4O6S. The fourth-order valence-corrected chi connectivity index (χ4v) is 7.35. The summed E-state index contributed by atoms with van der Waals surface area (Å²) >= 11 is 13.1. The molecule has 2 amide bonds. The minimum absolute atomic E-state index is 0.187. The SMILES string of the molecule is COc1cccc2c1[C@@H](C(=O)NOCc1cccc[n+]1[O-])[C@H](c1ccc(Cl)cc1Cl)N(C1CCCC[C@@H]1NS(C)=O)C2=O. The summed E-state index contributed by atoms with van der Waals surface area (Å²) in [7, 11) is 0.141. The fourth-order valence-electron chi connectivity index (χ4n) is 6.13. The summed E-state index contributed by atoms with van der Waals surface area (Å²) in [6.07, 6.45) is 5.98. The molecule has 1 aromatic heterocycles. The summed E-state index contributed by atoms with van der Waals surface area (Å²) < 4.78 is 21.8. The second-order valence-electron chi connectivity index (χ2n) is 10.5. The standard InChI is InChI=1S/C30H32Cl2N4O6S/c1-41-25-12-7-9-21-26(25)27(29(37)33-42-17-19-8-5-6-15-35(19)39)28(20-14-13-18(31)16-22(20)32)36(30(21)38)24-11-4-3-10-23(24)34-43(2)40/h5-9,12-16,23-24,27-28,34H,3-4,10-11,17H2,1-2H3,(H,33,37)/t23-,24?,27+,28-,43?/m0/s1. The summed E-state index contributed by atoms with van der Waals surface area (Å²) in [6.45, 7) is -0.187. The first-order chi connectivity index (χ1) is 20.7. The summed E-state index contributed by atoms with van der Waals surface area (Å²) in [5.41, 5.74) is 4.02. The van der Waals surface area contributed by atoms with Crippen molar-refractivity contribution in [3.63, 3.8) is 0 Å². The van der Waals surface area contributed by atoms with Gasteiger partial charge in [-0.3, -0.25) is 14.4 Å². The average Bonchev–Trinajstić information content (AvgIpc) is 2.98. The Balaban J connectivity index is 1.64. The molecule has 3 aromatic rings. The van der Waals surface area contributed by atoms with Crippen molar-refractivity contribution in [2.24, 2.45) is 0 Å². The molecule has 1 saturated carbocycles. The number of nitrogens with one attached hydrogen (secondary N) is 2. The van der Waals surface area contributed by atoms with Crippen LogP contribution < -0.4 is 19.7 Å². The molecule has 228 valence electrons. The zero-order valence-corrected chi connectivity index (χ0v) is 26.0. The maximum Gasteiger partial charge on any atom is 0.255 e. The molecule has 13 heteroatoms. The molecule has 1 fully saturated rings. The third-order valence-corrected chi connectivity index (χ3v) is 9.14. The van der Waals surface area contributed by atoms with E-state index < -0.39 is 34.9 Å². The highest BCUT2D eigenvalue weighted by Gasteiger charge is 2.50. The monoisotopic (exact) mass is 646 g/mol.